The van der Waals surface area contributed by atoms with Crippen LogP contribution < -0.4 is 5.32 Å². The molecule has 7 heteroatoms. The van der Waals surface area contributed by atoms with Crippen molar-refractivity contribution >= 4 is 11.6 Å². The first-order valence-corrected chi connectivity index (χ1v) is 7.43. The van der Waals surface area contributed by atoms with E-state index in [1.54, 1.807) is 7.11 Å². The lowest BCUT2D eigenvalue weighted by Gasteiger charge is -2.36. The van der Waals surface area contributed by atoms with Gasteiger partial charge in [0.05, 0.1) is 11.2 Å². The first-order valence-electron chi connectivity index (χ1n) is 7.05. The van der Waals surface area contributed by atoms with Crippen molar-refractivity contribution in [2.24, 2.45) is 0 Å². The quantitative estimate of drug-likeness (QED) is 0.889. The van der Waals surface area contributed by atoms with Crippen LogP contribution in [0.3, 0.4) is 0 Å². The van der Waals surface area contributed by atoms with Gasteiger partial charge < -0.3 is 14.8 Å². The Hall–Kier alpha value is -0.820. The summed E-state index contributed by atoms with van der Waals surface area (Å²) in [7, 11) is 1.65. The molecule has 22 heavy (non-hydrogen) atoms. The number of nitrogens with one attached hydrogen (secondary N) is 1. The summed E-state index contributed by atoms with van der Waals surface area (Å²) in [4.78, 5) is 0. The highest BCUT2D eigenvalue weighted by Gasteiger charge is 2.33. The largest absolute Gasteiger partial charge is 0.416 e. The summed E-state index contributed by atoms with van der Waals surface area (Å²) in [6.45, 7) is 2.12. The molecule has 1 fully saturated rings. The maximum atomic E-state index is 12.8. The SMILES string of the molecule is COC1(CNCc2cc(Cl)cc(C(F)(F)F)c2)CCOCC1. The molecule has 1 N–H and O–H groups in total. The van der Waals surface area contributed by atoms with Crippen LogP contribution in [0.4, 0.5) is 13.2 Å². The maximum Gasteiger partial charge on any atom is 0.416 e. The number of halogens is 4. The zero-order valence-corrected chi connectivity index (χ0v) is 13.1. The molecule has 0 radical (unpaired) electrons. The van der Waals surface area contributed by atoms with Gasteiger partial charge in [-0.05, 0) is 23.8 Å². The zero-order chi connectivity index (χ0) is 16.2. The molecule has 124 valence electrons. The van der Waals surface area contributed by atoms with E-state index in [1.165, 1.54) is 6.07 Å². The molecule has 1 aromatic carbocycles. The van der Waals surface area contributed by atoms with Crippen molar-refractivity contribution in [1.82, 2.24) is 5.32 Å². The van der Waals surface area contributed by atoms with Gasteiger partial charge in [0, 0.05) is 51.3 Å². The van der Waals surface area contributed by atoms with E-state index in [9.17, 15) is 13.2 Å². The standard InChI is InChI=1S/C15H19ClF3NO2/c1-21-14(2-4-22-5-3-14)10-20-9-11-6-12(15(17,18)19)8-13(16)7-11/h6-8,20H,2-5,9-10H2,1H3. The van der Waals surface area contributed by atoms with E-state index < -0.39 is 11.7 Å². The highest BCUT2D eigenvalue weighted by molar-refractivity contribution is 6.30. The number of rotatable bonds is 5. The third kappa shape index (κ3) is 4.59. The van der Waals surface area contributed by atoms with Crippen LogP contribution in [0.25, 0.3) is 0 Å². The average Bonchev–Trinajstić information content (AvgIpc) is 2.47. The fraction of sp³-hybridized carbons (Fsp3) is 0.600. The third-order valence-electron chi connectivity index (χ3n) is 3.90. The topological polar surface area (TPSA) is 30.5 Å². The van der Waals surface area contributed by atoms with Crippen LogP contribution >= 0.6 is 11.6 Å². The number of ether oxygens (including phenoxy) is 2. The van der Waals surface area contributed by atoms with Crippen molar-refractivity contribution < 1.29 is 22.6 Å². The Morgan fingerprint density at radius 1 is 1.27 bits per heavy atom. The summed E-state index contributed by atoms with van der Waals surface area (Å²) in [5, 5.41) is 3.25. The molecule has 1 heterocycles. The number of benzene rings is 1. The van der Waals surface area contributed by atoms with Crippen molar-refractivity contribution in [3.63, 3.8) is 0 Å². The van der Waals surface area contributed by atoms with Gasteiger partial charge in [-0.1, -0.05) is 11.6 Å². The summed E-state index contributed by atoms with van der Waals surface area (Å²) in [6, 6.07) is 3.58. The van der Waals surface area contributed by atoms with Crippen LogP contribution in [0.1, 0.15) is 24.0 Å². The van der Waals surface area contributed by atoms with Gasteiger partial charge in [-0.25, -0.2) is 0 Å². The lowest BCUT2D eigenvalue weighted by Crippen LogP contribution is -2.46. The van der Waals surface area contributed by atoms with Gasteiger partial charge in [-0.3, -0.25) is 0 Å². The van der Waals surface area contributed by atoms with E-state index in [2.05, 4.69) is 5.32 Å². The summed E-state index contributed by atoms with van der Waals surface area (Å²) in [6.07, 6.45) is -2.87. The van der Waals surface area contributed by atoms with Gasteiger partial charge in [0.25, 0.3) is 0 Å². The Morgan fingerprint density at radius 3 is 2.55 bits per heavy atom. The number of hydrogen-bond acceptors (Lipinski definition) is 3. The Kier molecular flexibility index (Phi) is 5.71. The first-order chi connectivity index (χ1) is 10.3. The highest BCUT2D eigenvalue weighted by Crippen LogP contribution is 2.32. The summed E-state index contributed by atoms with van der Waals surface area (Å²) < 4.78 is 49.2. The van der Waals surface area contributed by atoms with Crippen molar-refractivity contribution in [2.75, 3.05) is 26.9 Å². The minimum absolute atomic E-state index is 0.0825. The molecule has 0 unspecified atom stereocenters. The highest BCUT2D eigenvalue weighted by atomic mass is 35.5. The Morgan fingerprint density at radius 2 is 1.95 bits per heavy atom. The smallest absolute Gasteiger partial charge is 0.381 e. The minimum Gasteiger partial charge on any atom is -0.381 e. The second kappa shape index (κ2) is 7.17. The fourth-order valence-corrected chi connectivity index (χ4v) is 2.80. The number of alkyl halides is 3. The molecule has 2 rings (SSSR count). The van der Waals surface area contributed by atoms with Gasteiger partial charge in [0.15, 0.2) is 0 Å². The molecule has 0 bridgehead atoms. The zero-order valence-electron chi connectivity index (χ0n) is 12.3. The van der Waals surface area contributed by atoms with Crippen LogP contribution in [-0.4, -0.2) is 32.5 Å². The molecule has 0 saturated carbocycles. The Balaban J connectivity index is 1.98. The summed E-state index contributed by atoms with van der Waals surface area (Å²) in [5.74, 6) is 0. The van der Waals surface area contributed by atoms with Crippen molar-refractivity contribution in [2.45, 2.75) is 31.2 Å². The normalized spacial score (nSPS) is 18.4. The second-order valence-corrected chi connectivity index (χ2v) is 5.89. The molecule has 0 amide bonds. The lowest BCUT2D eigenvalue weighted by atomic mass is 9.94. The predicted octanol–water partition coefficient (Wildman–Crippen LogP) is 3.64. The van der Waals surface area contributed by atoms with Crippen LogP contribution in [-0.2, 0) is 22.2 Å². The molecule has 1 aromatic rings. The van der Waals surface area contributed by atoms with E-state index in [0.29, 0.717) is 31.9 Å². The average molecular weight is 338 g/mol. The third-order valence-corrected chi connectivity index (χ3v) is 4.12. The monoisotopic (exact) mass is 337 g/mol. The molecule has 0 spiro atoms. The lowest BCUT2D eigenvalue weighted by molar-refractivity contribution is -0.137. The van der Waals surface area contributed by atoms with Gasteiger partial charge in [-0.2, -0.15) is 13.2 Å². The maximum absolute atomic E-state index is 12.8. The van der Waals surface area contributed by atoms with E-state index in [-0.39, 0.29) is 10.6 Å². The minimum atomic E-state index is -4.39. The molecule has 0 aromatic heterocycles. The van der Waals surface area contributed by atoms with Gasteiger partial charge in [0.2, 0.25) is 0 Å². The molecule has 1 aliphatic heterocycles. The van der Waals surface area contributed by atoms with Crippen LogP contribution in [0.2, 0.25) is 5.02 Å². The van der Waals surface area contributed by atoms with E-state index in [0.717, 1.165) is 25.0 Å². The van der Waals surface area contributed by atoms with Gasteiger partial charge in [-0.15, -0.1) is 0 Å². The van der Waals surface area contributed by atoms with Gasteiger partial charge in [0.1, 0.15) is 0 Å². The number of hydrogen-bond donors (Lipinski definition) is 1. The molecule has 1 aliphatic rings. The van der Waals surface area contributed by atoms with E-state index >= 15 is 0 Å². The molecule has 0 aliphatic carbocycles. The first kappa shape index (κ1) is 17.5. The predicted molar refractivity (Wildman–Crippen MR) is 78.0 cm³/mol. The van der Waals surface area contributed by atoms with Gasteiger partial charge >= 0.3 is 6.18 Å². The Labute approximate surface area is 132 Å². The summed E-state index contributed by atoms with van der Waals surface area (Å²) in [5.41, 5.74) is -0.550. The van der Waals surface area contributed by atoms with Crippen LogP contribution in [0, 0.1) is 0 Å². The number of methoxy groups -OCH3 is 1. The molecular formula is C15H19ClF3NO2. The van der Waals surface area contributed by atoms with Crippen molar-refractivity contribution in [1.29, 1.82) is 0 Å². The fourth-order valence-electron chi connectivity index (χ4n) is 2.55. The van der Waals surface area contributed by atoms with E-state index in [1.807, 2.05) is 0 Å². The molecule has 3 nitrogen and oxygen atoms in total. The molecular weight excluding hydrogens is 319 g/mol. The van der Waals surface area contributed by atoms with Crippen LogP contribution in [0.15, 0.2) is 18.2 Å². The second-order valence-electron chi connectivity index (χ2n) is 5.45. The molecule has 0 atom stereocenters. The van der Waals surface area contributed by atoms with E-state index in [4.69, 9.17) is 21.1 Å². The van der Waals surface area contributed by atoms with Crippen molar-refractivity contribution in [3.8, 4) is 0 Å². The molecule has 1 saturated heterocycles. The van der Waals surface area contributed by atoms with Crippen molar-refractivity contribution in [3.05, 3.63) is 34.3 Å². The Bertz CT molecular complexity index is 502. The van der Waals surface area contributed by atoms with Crippen LogP contribution in [0.5, 0.6) is 0 Å². The summed E-state index contributed by atoms with van der Waals surface area (Å²) >= 11 is 5.77.